The lowest BCUT2D eigenvalue weighted by molar-refractivity contribution is 0.0903. The van der Waals surface area contributed by atoms with Crippen molar-refractivity contribution in [3.8, 4) is 17.1 Å². The average Bonchev–Trinajstić information content (AvgIpc) is 3.34. The molecular weight excluding hydrogens is 442 g/mol. The molecule has 4 aromatic rings. The van der Waals surface area contributed by atoms with Gasteiger partial charge in [-0.05, 0) is 19.4 Å². The molecule has 8 heteroatoms. The Bertz CT molecular complexity index is 1350. The Morgan fingerprint density at radius 2 is 1.83 bits per heavy atom. The topological polar surface area (TPSA) is 92.0 Å². The highest BCUT2D eigenvalue weighted by Gasteiger charge is 2.32. The van der Waals surface area contributed by atoms with E-state index in [2.05, 4.69) is 39.4 Å². The zero-order valence-corrected chi connectivity index (χ0v) is 19.9. The van der Waals surface area contributed by atoms with Gasteiger partial charge in [-0.2, -0.15) is 9.61 Å². The van der Waals surface area contributed by atoms with Gasteiger partial charge in [-0.3, -0.25) is 4.79 Å². The van der Waals surface area contributed by atoms with Crippen LogP contribution in [0.4, 0.5) is 5.69 Å². The molecule has 1 unspecified atom stereocenters. The van der Waals surface area contributed by atoms with E-state index >= 15 is 0 Å². The van der Waals surface area contributed by atoms with Crippen LogP contribution < -0.4 is 10.2 Å². The first-order valence-corrected chi connectivity index (χ1v) is 11.9. The third kappa shape index (κ3) is 4.33. The number of hydrogen-bond acceptors (Lipinski definition) is 6. The van der Waals surface area contributed by atoms with Crippen LogP contribution in [0.2, 0.25) is 0 Å². The van der Waals surface area contributed by atoms with Gasteiger partial charge in [-0.1, -0.05) is 55.5 Å². The molecule has 1 amide bonds. The maximum Gasteiger partial charge on any atom is 0.257 e. The third-order valence-corrected chi connectivity index (χ3v) is 6.71. The summed E-state index contributed by atoms with van der Waals surface area (Å²) in [5.41, 5.74) is 3.55. The molecule has 2 aromatic carbocycles. The summed E-state index contributed by atoms with van der Waals surface area (Å²) in [5.74, 6) is -0.373. The third-order valence-electron chi connectivity index (χ3n) is 6.71. The molecule has 3 heterocycles. The smallest absolute Gasteiger partial charge is 0.257 e. The molecule has 0 bridgehead atoms. The summed E-state index contributed by atoms with van der Waals surface area (Å²) in [6.07, 6.45) is 2.14. The molecule has 2 aromatic heterocycles. The molecule has 0 aliphatic carbocycles. The number of para-hydroxylation sites is 1. The van der Waals surface area contributed by atoms with Crippen molar-refractivity contribution in [3.05, 3.63) is 78.0 Å². The summed E-state index contributed by atoms with van der Waals surface area (Å²) in [6.45, 7) is 7.09. The maximum absolute atomic E-state index is 13.6. The van der Waals surface area contributed by atoms with Crippen molar-refractivity contribution in [1.82, 2.24) is 19.9 Å². The number of aromatic nitrogens is 3. The number of hydrogen-bond donors (Lipinski definition) is 2. The van der Waals surface area contributed by atoms with Crippen molar-refractivity contribution in [1.29, 1.82) is 0 Å². The normalized spacial score (nSPS) is 15.7. The first-order valence-electron chi connectivity index (χ1n) is 11.9. The Morgan fingerprint density at radius 3 is 2.57 bits per heavy atom. The van der Waals surface area contributed by atoms with Gasteiger partial charge in [0.05, 0.1) is 30.6 Å². The van der Waals surface area contributed by atoms with Gasteiger partial charge in [-0.25, -0.2) is 4.98 Å². The summed E-state index contributed by atoms with van der Waals surface area (Å²) in [5, 5.41) is 18.0. The van der Waals surface area contributed by atoms with Crippen LogP contribution >= 0.6 is 0 Å². The minimum Gasteiger partial charge on any atom is -0.493 e. The predicted octanol–water partition coefficient (Wildman–Crippen LogP) is 3.99. The molecule has 1 aliphatic heterocycles. The van der Waals surface area contributed by atoms with Crippen molar-refractivity contribution in [3.63, 3.8) is 0 Å². The van der Waals surface area contributed by atoms with Gasteiger partial charge in [0.25, 0.3) is 5.91 Å². The number of fused-ring (bicyclic) bond motifs is 1. The van der Waals surface area contributed by atoms with Crippen molar-refractivity contribution in [2.24, 2.45) is 0 Å². The second-order valence-electron chi connectivity index (χ2n) is 8.92. The maximum atomic E-state index is 13.6. The zero-order chi connectivity index (χ0) is 24.4. The molecule has 5 rings (SSSR count). The predicted molar refractivity (Wildman–Crippen MR) is 135 cm³/mol. The van der Waals surface area contributed by atoms with Crippen molar-refractivity contribution in [2.45, 2.75) is 25.8 Å². The fourth-order valence-electron chi connectivity index (χ4n) is 4.55. The molecule has 0 saturated carbocycles. The van der Waals surface area contributed by atoms with Gasteiger partial charge in [-0.15, -0.1) is 0 Å². The summed E-state index contributed by atoms with van der Waals surface area (Å²) in [4.78, 5) is 20.6. The highest BCUT2D eigenvalue weighted by Crippen LogP contribution is 2.34. The van der Waals surface area contributed by atoms with E-state index in [1.54, 1.807) is 6.07 Å². The number of ether oxygens (including phenoxy) is 1. The molecular formula is C27H29N5O3. The summed E-state index contributed by atoms with van der Waals surface area (Å²) >= 11 is 0. The first kappa shape index (κ1) is 22.9. The lowest BCUT2D eigenvalue weighted by atomic mass is 9.87. The van der Waals surface area contributed by atoms with Gasteiger partial charge >= 0.3 is 0 Å². The monoisotopic (exact) mass is 471 g/mol. The fourth-order valence-corrected chi connectivity index (χ4v) is 4.55. The Kier molecular flexibility index (Phi) is 6.13. The van der Waals surface area contributed by atoms with E-state index in [1.165, 1.54) is 10.7 Å². The molecule has 1 aliphatic rings. The molecule has 35 heavy (non-hydrogen) atoms. The minimum absolute atomic E-state index is 0.0798. The number of anilines is 1. The minimum atomic E-state index is -0.626. The van der Waals surface area contributed by atoms with Crippen LogP contribution in [0, 0.1) is 0 Å². The van der Waals surface area contributed by atoms with Crippen LogP contribution in [0.25, 0.3) is 16.9 Å². The number of morpholine rings is 1. The van der Waals surface area contributed by atoms with Crippen LogP contribution in [0.1, 0.15) is 36.2 Å². The second kappa shape index (κ2) is 9.38. The standard InChI is InChI=1S/C27H29N5O3/c1-3-27(2,21-11-7-8-12-23(21)31-13-15-35-16-14-31)30-26(34)20-18-28-32-24(33)17-22(29-25(20)32)19-9-5-4-6-10-19/h4-12,17-18,33H,3,13-16H2,1-2H3,(H,30,34). The van der Waals surface area contributed by atoms with Crippen molar-refractivity contribution in [2.75, 3.05) is 31.2 Å². The lowest BCUT2D eigenvalue weighted by Gasteiger charge is -2.37. The number of carbonyl (C=O) groups is 1. The molecule has 2 N–H and O–H groups in total. The van der Waals surface area contributed by atoms with Gasteiger partial charge in [0.15, 0.2) is 5.65 Å². The molecule has 8 nitrogen and oxygen atoms in total. The van der Waals surface area contributed by atoms with E-state index in [0.717, 1.165) is 29.9 Å². The highest BCUT2D eigenvalue weighted by molar-refractivity contribution is 6.00. The molecule has 1 saturated heterocycles. The molecule has 180 valence electrons. The van der Waals surface area contributed by atoms with Crippen LogP contribution in [0.5, 0.6) is 5.88 Å². The van der Waals surface area contributed by atoms with Gasteiger partial charge in [0.2, 0.25) is 5.88 Å². The van der Waals surface area contributed by atoms with Crippen LogP contribution in [0.3, 0.4) is 0 Å². The van der Waals surface area contributed by atoms with E-state index in [4.69, 9.17) is 4.74 Å². The van der Waals surface area contributed by atoms with Crippen molar-refractivity contribution < 1.29 is 14.6 Å². The number of carbonyl (C=O) groups excluding carboxylic acids is 1. The van der Waals surface area contributed by atoms with E-state index in [-0.39, 0.29) is 11.8 Å². The highest BCUT2D eigenvalue weighted by atomic mass is 16.5. The molecule has 0 spiro atoms. The Balaban J connectivity index is 1.50. The van der Waals surface area contributed by atoms with Gasteiger partial charge in [0, 0.05) is 36.0 Å². The largest absolute Gasteiger partial charge is 0.493 e. The van der Waals surface area contributed by atoms with E-state index in [0.29, 0.717) is 36.5 Å². The zero-order valence-electron chi connectivity index (χ0n) is 19.9. The quantitative estimate of drug-likeness (QED) is 0.442. The van der Waals surface area contributed by atoms with E-state index < -0.39 is 5.54 Å². The SMILES string of the molecule is CCC(C)(NC(=O)c1cnn2c(O)cc(-c3ccccc3)nc12)c1ccccc1N1CCOCC1. The average molecular weight is 472 g/mol. The van der Waals surface area contributed by atoms with E-state index in [1.807, 2.05) is 49.4 Å². The Hall–Kier alpha value is -3.91. The summed E-state index contributed by atoms with van der Waals surface area (Å²) in [7, 11) is 0. The number of benzene rings is 2. The summed E-state index contributed by atoms with van der Waals surface area (Å²) < 4.78 is 6.81. The number of nitrogens with one attached hydrogen (secondary N) is 1. The summed E-state index contributed by atoms with van der Waals surface area (Å²) in [6, 6.07) is 19.3. The Morgan fingerprint density at radius 1 is 1.11 bits per heavy atom. The number of nitrogens with zero attached hydrogens (tertiary/aromatic N) is 4. The van der Waals surface area contributed by atoms with Crippen LogP contribution in [0.15, 0.2) is 66.9 Å². The molecule has 0 radical (unpaired) electrons. The van der Waals surface area contributed by atoms with E-state index in [9.17, 15) is 9.90 Å². The number of aromatic hydroxyl groups is 1. The van der Waals surface area contributed by atoms with Crippen molar-refractivity contribution >= 4 is 17.2 Å². The second-order valence-corrected chi connectivity index (χ2v) is 8.92. The first-order chi connectivity index (χ1) is 17.0. The fraction of sp³-hybridized carbons (Fsp3) is 0.296. The lowest BCUT2D eigenvalue weighted by Crippen LogP contribution is -2.45. The van der Waals surface area contributed by atoms with Gasteiger partial charge < -0.3 is 20.1 Å². The Labute approximate surface area is 204 Å². The molecule has 1 atom stereocenters. The van der Waals surface area contributed by atoms with Crippen LogP contribution in [-0.2, 0) is 10.3 Å². The number of rotatable bonds is 6. The molecule has 1 fully saturated rings. The number of amides is 1. The van der Waals surface area contributed by atoms with Crippen LogP contribution in [-0.4, -0.2) is 51.9 Å². The van der Waals surface area contributed by atoms with Gasteiger partial charge in [0.1, 0.15) is 5.56 Å².